The predicted molar refractivity (Wildman–Crippen MR) is 141 cm³/mol. The topological polar surface area (TPSA) is 29.1 Å². The molecule has 0 fully saturated rings. The van der Waals surface area contributed by atoms with Gasteiger partial charge in [-0.05, 0) is 0 Å². The van der Waals surface area contributed by atoms with Gasteiger partial charge in [0, 0.05) is 0 Å². The van der Waals surface area contributed by atoms with E-state index in [4.69, 9.17) is 0 Å². The van der Waals surface area contributed by atoms with Crippen molar-refractivity contribution in [2.45, 2.75) is 17.5 Å². The number of amides is 1. The number of fused-ring (bicyclic) bond motifs is 1. The maximum Gasteiger partial charge on any atom is -1.00 e. The first-order valence-corrected chi connectivity index (χ1v) is 20.4. The minimum absolute atomic E-state index is 0. The molecule has 0 heterocycles. The van der Waals surface area contributed by atoms with Crippen LogP contribution in [0.2, 0.25) is 0 Å². The van der Waals surface area contributed by atoms with E-state index >= 15 is 0 Å². The van der Waals surface area contributed by atoms with E-state index in [0.29, 0.717) is 3.63 Å². The fourth-order valence-corrected chi connectivity index (χ4v) is 25.8. The maximum absolute atomic E-state index is 13.7. The second-order valence-corrected chi connectivity index (χ2v) is 23.5. The molecule has 0 aliphatic heterocycles. The number of aryl methyl sites for hydroxylation is 2. The van der Waals surface area contributed by atoms with E-state index in [1.54, 1.807) is 0 Å². The number of rotatable bonds is 6. The van der Waals surface area contributed by atoms with Gasteiger partial charge in [-0.1, -0.05) is 0 Å². The van der Waals surface area contributed by atoms with Gasteiger partial charge in [0.25, 0.3) is 0 Å². The number of hydrogen-bond donors (Lipinski definition) is 1. The molecule has 0 radical (unpaired) electrons. The van der Waals surface area contributed by atoms with Crippen LogP contribution in [-0.2, 0) is 21.2 Å². The van der Waals surface area contributed by atoms with Gasteiger partial charge in [0.05, 0.1) is 0 Å². The van der Waals surface area contributed by atoms with Crippen molar-refractivity contribution in [2.75, 3.05) is 0 Å². The molecule has 0 aromatic heterocycles. The SMILES string of the molecule is Cc1cc(C)cc(C(=O)[NH][Zr+2]([CH]2C=Cc3ccccc32)[SiH](c2ccccc2)c2ccccc2)c1.[Cl-].[Cl-]. The zero-order valence-corrected chi connectivity index (χ0v) is 25.4. The summed E-state index contributed by atoms with van der Waals surface area (Å²) in [5.74, 6) is -1.58. The second kappa shape index (κ2) is 12.8. The summed E-state index contributed by atoms with van der Waals surface area (Å²) in [6, 6.07) is 36.7. The summed E-state index contributed by atoms with van der Waals surface area (Å²) in [6.45, 7) is 4.12. The Labute approximate surface area is 235 Å². The van der Waals surface area contributed by atoms with Crippen LogP contribution in [0.25, 0.3) is 6.08 Å². The Hall–Kier alpha value is -2.23. The molecule has 36 heavy (non-hydrogen) atoms. The van der Waals surface area contributed by atoms with E-state index in [1.807, 2.05) is 12.1 Å². The summed E-state index contributed by atoms with van der Waals surface area (Å²) in [5.41, 5.74) is 5.70. The van der Waals surface area contributed by atoms with Crippen molar-refractivity contribution < 1.29 is 50.8 Å². The van der Waals surface area contributed by atoms with Crippen molar-refractivity contribution in [3.63, 3.8) is 0 Å². The van der Waals surface area contributed by atoms with Gasteiger partial charge in [-0.2, -0.15) is 0 Å². The van der Waals surface area contributed by atoms with Crippen molar-refractivity contribution in [3.05, 3.63) is 137 Å². The number of carbonyl (C=O) groups is 1. The summed E-state index contributed by atoms with van der Waals surface area (Å²) < 4.78 is 4.06. The van der Waals surface area contributed by atoms with Crippen molar-refractivity contribution in [1.82, 2.24) is 3.26 Å². The molecule has 0 saturated heterocycles. The molecule has 4 aromatic carbocycles. The molecule has 6 heteroatoms. The van der Waals surface area contributed by atoms with Crippen molar-refractivity contribution in [1.29, 1.82) is 0 Å². The van der Waals surface area contributed by atoms with Crippen LogP contribution < -0.4 is 38.4 Å². The molecule has 1 amide bonds. The zero-order valence-electron chi connectivity index (χ0n) is 20.3. The van der Waals surface area contributed by atoms with Crippen LogP contribution >= 0.6 is 0 Å². The first-order chi connectivity index (χ1) is 16.6. The van der Waals surface area contributed by atoms with Gasteiger partial charge in [-0.15, -0.1) is 0 Å². The molecule has 1 atom stereocenters. The monoisotopic (exact) mass is 606 g/mol. The van der Waals surface area contributed by atoms with Gasteiger partial charge >= 0.3 is 212 Å². The zero-order chi connectivity index (χ0) is 23.5. The van der Waals surface area contributed by atoms with E-state index in [2.05, 4.69) is 120 Å². The van der Waals surface area contributed by atoms with Crippen molar-refractivity contribution >= 4 is 28.3 Å². The third kappa shape index (κ3) is 6.18. The van der Waals surface area contributed by atoms with Crippen molar-refractivity contribution in [2.24, 2.45) is 0 Å². The second-order valence-electron chi connectivity index (χ2n) is 9.01. The molecule has 1 unspecified atom stereocenters. The molecular weight excluding hydrogens is 581 g/mol. The Morgan fingerprint density at radius 1 is 0.750 bits per heavy atom. The quantitative estimate of drug-likeness (QED) is 0.277. The number of allylic oxidation sites excluding steroid dienone is 1. The number of hydrogen-bond acceptors (Lipinski definition) is 1. The van der Waals surface area contributed by atoms with Crippen LogP contribution in [0.5, 0.6) is 0 Å². The number of benzene rings is 4. The maximum atomic E-state index is 13.7. The average Bonchev–Trinajstić information content (AvgIpc) is 3.28. The predicted octanol–water partition coefficient (Wildman–Crippen LogP) is -1.12. The largest absolute Gasteiger partial charge is 1.00 e. The Bertz CT molecular complexity index is 1290. The van der Waals surface area contributed by atoms with Crippen LogP contribution in [0.15, 0.2) is 109 Å². The summed E-state index contributed by atoms with van der Waals surface area (Å²) in [6.07, 6.45) is 4.62. The third-order valence-electron chi connectivity index (χ3n) is 6.45. The Kier molecular flexibility index (Phi) is 10.1. The van der Waals surface area contributed by atoms with Gasteiger partial charge in [0.15, 0.2) is 0 Å². The first kappa shape index (κ1) is 28.3. The average molecular weight is 609 g/mol. The Balaban J connectivity index is 0.00000180. The molecular formula is C30H28Cl2NOSiZr. The fourth-order valence-electron chi connectivity index (χ4n) is 5.00. The van der Waals surface area contributed by atoms with Crippen LogP contribution in [0.3, 0.4) is 0 Å². The van der Waals surface area contributed by atoms with E-state index < -0.39 is 27.1 Å². The van der Waals surface area contributed by atoms with Crippen LogP contribution in [0.4, 0.5) is 0 Å². The summed E-state index contributed by atoms with van der Waals surface area (Å²) in [4.78, 5) is 13.7. The molecule has 0 bridgehead atoms. The van der Waals surface area contributed by atoms with E-state index in [9.17, 15) is 4.79 Å². The number of carbonyl (C=O) groups excluding carboxylic acids is 1. The summed E-state index contributed by atoms with van der Waals surface area (Å²) in [5, 5.41) is 2.84. The van der Waals surface area contributed by atoms with Gasteiger partial charge in [0.2, 0.25) is 0 Å². The fraction of sp³-hybridized carbons (Fsp3) is 0.100. The molecule has 4 aromatic rings. The van der Waals surface area contributed by atoms with E-state index in [0.717, 1.165) is 16.7 Å². The molecule has 1 aliphatic carbocycles. The number of nitrogens with one attached hydrogen (secondary N) is 1. The minimum Gasteiger partial charge on any atom is -1.00 e. The molecule has 0 spiro atoms. The molecule has 181 valence electrons. The third-order valence-corrected chi connectivity index (χ3v) is 25.8. The molecule has 5 rings (SSSR count). The van der Waals surface area contributed by atoms with Crippen LogP contribution in [0.1, 0.15) is 36.2 Å². The number of halogens is 2. The first-order valence-electron chi connectivity index (χ1n) is 11.7. The minimum atomic E-state index is -2.68. The summed E-state index contributed by atoms with van der Waals surface area (Å²) >= 11 is -2.68. The van der Waals surface area contributed by atoms with Crippen molar-refractivity contribution in [3.8, 4) is 0 Å². The normalized spacial score (nSPS) is 13.4. The van der Waals surface area contributed by atoms with E-state index in [1.165, 1.54) is 21.5 Å². The summed E-state index contributed by atoms with van der Waals surface area (Å²) in [7, 11) is 0. The van der Waals surface area contributed by atoms with Crippen LogP contribution in [0, 0.1) is 13.8 Å². The van der Waals surface area contributed by atoms with Gasteiger partial charge in [-0.3, -0.25) is 0 Å². The van der Waals surface area contributed by atoms with Crippen LogP contribution in [-0.4, -0.2) is 11.8 Å². The molecule has 1 aliphatic rings. The Morgan fingerprint density at radius 2 is 1.28 bits per heavy atom. The molecule has 1 N–H and O–H groups in total. The smallest absolute Gasteiger partial charge is 1.00 e. The Morgan fingerprint density at radius 3 is 1.86 bits per heavy atom. The van der Waals surface area contributed by atoms with Gasteiger partial charge < -0.3 is 24.8 Å². The van der Waals surface area contributed by atoms with E-state index in [-0.39, 0.29) is 30.7 Å². The molecule has 0 saturated carbocycles. The van der Waals surface area contributed by atoms with Gasteiger partial charge in [-0.25, -0.2) is 0 Å². The van der Waals surface area contributed by atoms with Gasteiger partial charge in [0.1, 0.15) is 0 Å². The molecule has 2 nitrogen and oxygen atoms in total. The standard InChI is InChI=1S/C12H11Si.C9H11NO.C9H7.2ClH.Zr/c1-3-7-11(8-4-1)13-12-9-5-2-6-10-12;1-6-3-7(2)5-8(4-6)9(10)11;1-2-5-9-7-3-6-8(9)4-1;;;/h1-10,13H;3-5H,1-2H3,(H2,10,11);1-7H;2*1H;/q;;;;;+3/p-3.